The zero-order valence-electron chi connectivity index (χ0n) is 16.3. The molecule has 1 aliphatic rings. The highest BCUT2D eigenvalue weighted by Crippen LogP contribution is 2.28. The second-order valence-corrected chi connectivity index (χ2v) is 9.54. The number of nitrogens with two attached hydrogens (primary N) is 1. The van der Waals surface area contributed by atoms with Crippen LogP contribution in [0.2, 0.25) is 0 Å². The molecule has 0 unspecified atom stereocenters. The standard InChI is InChI=1S/C18H18F2N6O3S2/c1-31(27,28)26-4-2-9(3-5-26)24-18-22-7-10(17(21)25-18)16(30)13-14(20)11(19)6-12-15(13)29-8-23-12/h6-9H,2-5H2,1H3,(H3,21,22,24,25). The van der Waals surface area contributed by atoms with Crippen molar-refractivity contribution >= 4 is 50.0 Å². The Morgan fingerprint density at radius 3 is 2.68 bits per heavy atom. The first-order chi connectivity index (χ1) is 14.6. The maximum Gasteiger partial charge on any atom is 0.224 e. The van der Waals surface area contributed by atoms with Gasteiger partial charge in [-0.15, -0.1) is 0 Å². The normalized spacial score (nSPS) is 16.0. The lowest BCUT2D eigenvalue weighted by atomic mass is 10.0. The number of nitrogens with zero attached hydrogens (tertiary/aromatic N) is 4. The zero-order chi connectivity index (χ0) is 22.3. The molecule has 0 saturated carbocycles. The Hall–Kier alpha value is -2.77. The van der Waals surface area contributed by atoms with Gasteiger partial charge in [0.25, 0.3) is 0 Å². The number of piperidine rings is 1. The highest BCUT2D eigenvalue weighted by atomic mass is 32.2. The molecule has 9 nitrogen and oxygen atoms in total. The van der Waals surface area contributed by atoms with E-state index in [0.717, 1.165) is 12.5 Å². The van der Waals surface area contributed by atoms with E-state index >= 15 is 0 Å². The molecule has 0 aliphatic carbocycles. The third-order valence-corrected chi connectivity index (χ3v) is 6.79. The molecule has 4 rings (SSSR count). The Balaban J connectivity index is 1.54. The van der Waals surface area contributed by atoms with E-state index in [1.54, 1.807) is 0 Å². The van der Waals surface area contributed by atoms with Crippen molar-refractivity contribution in [1.29, 1.82) is 0 Å². The maximum absolute atomic E-state index is 14.5. The summed E-state index contributed by atoms with van der Waals surface area (Å²) in [6.07, 6.45) is 4.73. The van der Waals surface area contributed by atoms with E-state index in [0.29, 0.717) is 25.9 Å². The third kappa shape index (κ3) is 4.20. The fourth-order valence-corrected chi connectivity index (χ4v) is 4.65. The minimum Gasteiger partial charge on any atom is -0.443 e. The van der Waals surface area contributed by atoms with Gasteiger partial charge in [0, 0.05) is 31.4 Å². The number of oxazole rings is 1. The van der Waals surface area contributed by atoms with Crippen LogP contribution in [0.25, 0.3) is 11.1 Å². The van der Waals surface area contributed by atoms with Crippen LogP contribution in [-0.4, -0.2) is 57.9 Å². The summed E-state index contributed by atoms with van der Waals surface area (Å²) in [6.45, 7) is 0.778. The predicted octanol–water partition coefficient (Wildman–Crippen LogP) is 2.08. The quantitative estimate of drug-likeness (QED) is 0.427. The Bertz CT molecular complexity index is 1270. The first kappa shape index (κ1) is 21.5. The second kappa shape index (κ2) is 8.05. The molecule has 1 aliphatic heterocycles. The molecule has 3 heterocycles. The Labute approximate surface area is 181 Å². The predicted molar refractivity (Wildman–Crippen MR) is 114 cm³/mol. The van der Waals surface area contributed by atoms with Gasteiger partial charge in [-0.2, -0.15) is 4.98 Å². The van der Waals surface area contributed by atoms with E-state index in [4.69, 9.17) is 22.4 Å². The van der Waals surface area contributed by atoms with E-state index in [1.165, 1.54) is 16.8 Å². The topological polar surface area (TPSA) is 127 Å². The van der Waals surface area contributed by atoms with Crippen molar-refractivity contribution in [2.75, 3.05) is 30.4 Å². The van der Waals surface area contributed by atoms with Crippen LogP contribution in [0.1, 0.15) is 24.0 Å². The molecule has 31 heavy (non-hydrogen) atoms. The van der Waals surface area contributed by atoms with Crippen molar-refractivity contribution in [3.8, 4) is 0 Å². The number of rotatable bonds is 5. The molecule has 0 spiro atoms. The lowest BCUT2D eigenvalue weighted by Gasteiger charge is -2.30. The number of aromatic nitrogens is 3. The van der Waals surface area contributed by atoms with E-state index in [9.17, 15) is 17.2 Å². The summed E-state index contributed by atoms with van der Waals surface area (Å²) in [5.41, 5.74) is 6.02. The van der Waals surface area contributed by atoms with Crippen LogP contribution in [0.3, 0.4) is 0 Å². The van der Waals surface area contributed by atoms with Gasteiger partial charge in [0.1, 0.15) is 11.3 Å². The fraction of sp³-hybridized carbons (Fsp3) is 0.333. The molecule has 0 bridgehead atoms. The number of anilines is 2. The molecule has 1 saturated heterocycles. The molecule has 2 aromatic heterocycles. The number of halogens is 2. The number of hydrogen-bond acceptors (Lipinski definition) is 9. The van der Waals surface area contributed by atoms with Crippen molar-refractivity contribution in [2.24, 2.45) is 0 Å². The SMILES string of the molecule is CS(=O)(=O)N1CCC(Nc2ncc(C(=S)c3c(F)c(F)cc4ncoc34)c(N)n2)CC1. The van der Waals surface area contributed by atoms with Gasteiger partial charge in [0.2, 0.25) is 16.0 Å². The maximum atomic E-state index is 14.5. The van der Waals surface area contributed by atoms with Crippen molar-refractivity contribution in [3.63, 3.8) is 0 Å². The number of benzene rings is 1. The fourth-order valence-electron chi connectivity index (χ4n) is 3.44. The van der Waals surface area contributed by atoms with Gasteiger partial charge < -0.3 is 15.5 Å². The number of fused-ring (bicyclic) bond motifs is 1. The minimum absolute atomic E-state index is 0.00291. The molecule has 1 aromatic carbocycles. The molecular formula is C18H18F2N6O3S2. The van der Waals surface area contributed by atoms with Crippen molar-refractivity contribution in [1.82, 2.24) is 19.3 Å². The van der Waals surface area contributed by atoms with Gasteiger partial charge in [-0.05, 0) is 12.8 Å². The molecule has 0 atom stereocenters. The smallest absolute Gasteiger partial charge is 0.224 e. The summed E-state index contributed by atoms with van der Waals surface area (Å²) < 4.78 is 58.3. The first-order valence-electron chi connectivity index (χ1n) is 9.25. The summed E-state index contributed by atoms with van der Waals surface area (Å²) in [4.78, 5) is 12.1. The molecule has 1 fully saturated rings. The Morgan fingerprint density at radius 1 is 1.32 bits per heavy atom. The molecule has 3 N–H and O–H groups in total. The lowest BCUT2D eigenvalue weighted by Crippen LogP contribution is -2.42. The number of thiocarbonyl (C=S) groups is 1. The van der Waals surface area contributed by atoms with Crippen LogP contribution in [0, 0.1) is 11.6 Å². The van der Waals surface area contributed by atoms with Crippen LogP contribution < -0.4 is 11.1 Å². The number of nitrogen functional groups attached to an aromatic ring is 1. The third-order valence-electron chi connectivity index (χ3n) is 5.06. The number of hydrogen-bond donors (Lipinski definition) is 2. The zero-order valence-corrected chi connectivity index (χ0v) is 17.9. The van der Waals surface area contributed by atoms with Gasteiger partial charge >= 0.3 is 0 Å². The number of nitrogens with one attached hydrogen (secondary N) is 1. The lowest BCUT2D eigenvalue weighted by molar-refractivity contribution is 0.331. The molecule has 0 amide bonds. The van der Waals surface area contributed by atoms with Crippen molar-refractivity contribution < 1.29 is 21.6 Å². The van der Waals surface area contributed by atoms with Crippen LogP contribution in [0.5, 0.6) is 0 Å². The van der Waals surface area contributed by atoms with Crippen LogP contribution in [0.15, 0.2) is 23.1 Å². The average molecular weight is 469 g/mol. The molecular weight excluding hydrogens is 450 g/mol. The highest BCUT2D eigenvalue weighted by Gasteiger charge is 2.26. The minimum atomic E-state index is -3.22. The van der Waals surface area contributed by atoms with Gasteiger partial charge in [-0.1, -0.05) is 12.2 Å². The molecule has 3 aromatic rings. The van der Waals surface area contributed by atoms with Crippen molar-refractivity contribution in [2.45, 2.75) is 18.9 Å². The summed E-state index contributed by atoms with van der Waals surface area (Å²) in [5.74, 6) is -2.08. The highest BCUT2D eigenvalue weighted by molar-refractivity contribution is 7.88. The number of sulfonamides is 1. The van der Waals surface area contributed by atoms with E-state index in [1.807, 2.05) is 0 Å². The Kier molecular flexibility index (Phi) is 5.58. The molecule has 164 valence electrons. The molecule has 13 heteroatoms. The van der Waals surface area contributed by atoms with Gasteiger partial charge in [0.05, 0.1) is 22.2 Å². The Morgan fingerprint density at radius 2 is 2.03 bits per heavy atom. The largest absolute Gasteiger partial charge is 0.443 e. The first-order valence-corrected chi connectivity index (χ1v) is 11.5. The molecule has 0 radical (unpaired) electrons. The van der Waals surface area contributed by atoms with E-state index < -0.39 is 21.7 Å². The van der Waals surface area contributed by atoms with Crippen LogP contribution >= 0.6 is 12.2 Å². The van der Waals surface area contributed by atoms with Gasteiger partial charge in [-0.3, -0.25) is 0 Å². The summed E-state index contributed by atoms with van der Waals surface area (Å²) in [5, 5.41) is 3.12. The van der Waals surface area contributed by atoms with Crippen LogP contribution in [-0.2, 0) is 10.0 Å². The summed E-state index contributed by atoms with van der Waals surface area (Å²) in [6, 6.07) is 0.882. The average Bonchev–Trinajstić information content (AvgIpc) is 3.16. The second-order valence-electron chi connectivity index (χ2n) is 7.15. The van der Waals surface area contributed by atoms with Crippen molar-refractivity contribution in [3.05, 3.63) is 41.4 Å². The van der Waals surface area contributed by atoms with Gasteiger partial charge in [0.15, 0.2) is 23.6 Å². The van der Waals surface area contributed by atoms with Gasteiger partial charge in [-0.25, -0.2) is 31.5 Å². The van der Waals surface area contributed by atoms with Crippen LogP contribution in [0.4, 0.5) is 20.5 Å². The summed E-state index contributed by atoms with van der Waals surface area (Å²) >= 11 is 5.33. The van der Waals surface area contributed by atoms with E-state index in [2.05, 4.69) is 20.3 Å². The monoisotopic (exact) mass is 468 g/mol. The van der Waals surface area contributed by atoms with E-state index in [-0.39, 0.29) is 44.9 Å². The summed E-state index contributed by atoms with van der Waals surface area (Å²) in [7, 11) is -3.22.